The number of hydrogen-bond acceptors (Lipinski definition) is 3. The summed E-state index contributed by atoms with van der Waals surface area (Å²) >= 11 is 0. The highest BCUT2D eigenvalue weighted by Gasteiger charge is 2.44. The van der Waals surface area contributed by atoms with E-state index >= 15 is 0 Å². The molecular weight excluding hydrogens is 347 g/mol. The van der Waals surface area contributed by atoms with Crippen LogP contribution in [0.2, 0.25) is 0 Å². The van der Waals surface area contributed by atoms with Gasteiger partial charge in [-0.3, -0.25) is 0 Å². The Balaban J connectivity index is 1.56. The van der Waals surface area contributed by atoms with Crippen molar-refractivity contribution in [2.45, 2.75) is 77.2 Å². The lowest BCUT2D eigenvalue weighted by Gasteiger charge is -2.43. The molecule has 0 aromatic heterocycles. The van der Waals surface area contributed by atoms with Crippen LogP contribution in [-0.2, 0) is 11.8 Å². The van der Waals surface area contributed by atoms with E-state index in [0.29, 0.717) is 5.92 Å². The monoisotopic (exact) mass is 376 g/mol. The van der Waals surface area contributed by atoms with Crippen LogP contribution in [0.3, 0.4) is 0 Å². The molecule has 0 spiro atoms. The van der Waals surface area contributed by atoms with Crippen LogP contribution >= 0.6 is 0 Å². The van der Waals surface area contributed by atoms with Gasteiger partial charge in [-0.25, -0.2) is 0 Å². The maximum Gasteiger partial charge on any atom is 0.632 e. The van der Waals surface area contributed by atoms with E-state index in [1.807, 2.05) is 6.07 Å². The first kappa shape index (κ1) is 18.0. The number of benzene rings is 2. The highest BCUT2D eigenvalue weighted by atomic mass is 16.6. The van der Waals surface area contributed by atoms with Gasteiger partial charge in [0.25, 0.3) is 0 Å². The van der Waals surface area contributed by atoms with Crippen LogP contribution in [0.25, 0.3) is 0 Å². The van der Waals surface area contributed by atoms with Crippen molar-refractivity contribution in [3.8, 4) is 17.2 Å². The zero-order chi connectivity index (χ0) is 19.7. The Morgan fingerprint density at radius 3 is 2.46 bits per heavy atom. The average Bonchev–Trinajstić information content (AvgIpc) is 3.37. The van der Waals surface area contributed by atoms with Gasteiger partial charge in [-0.1, -0.05) is 39.0 Å². The van der Waals surface area contributed by atoms with Crippen LogP contribution in [0.5, 0.6) is 17.2 Å². The largest absolute Gasteiger partial charge is 0.632 e. The lowest BCUT2D eigenvalue weighted by atomic mass is 9.69. The van der Waals surface area contributed by atoms with Crippen LogP contribution in [0.15, 0.2) is 30.3 Å². The van der Waals surface area contributed by atoms with Crippen LogP contribution < -0.4 is 19.5 Å². The molecule has 0 amide bonds. The summed E-state index contributed by atoms with van der Waals surface area (Å²) in [6.07, 6.45) is 4.47. The van der Waals surface area contributed by atoms with Gasteiger partial charge < -0.3 is 14.0 Å². The molecule has 2 heterocycles. The van der Waals surface area contributed by atoms with Crippen molar-refractivity contribution >= 4 is 12.6 Å². The second kappa shape index (κ2) is 5.95. The summed E-state index contributed by atoms with van der Waals surface area (Å²) in [5, 5.41) is 0. The van der Waals surface area contributed by atoms with E-state index in [2.05, 4.69) is 58.9 Å². The molecule has 0 atom stereocenters. The molecule has 5 rings (SSSR count). The molecule has 0 unspecified atom stereocenters. The van der Waals surface area contributed by atoms with E-state index in [0.717, 1.165) is 35.6 Å². The van der Waals surface area contributed by atoms with Gasteiger partial charge in [0.15, 0.2) is 0 Å². The summed E-state index contributed by atoms with van der Waals surface area (Å²) in [6, 6.07) is 10.8. The molecule has 1 aliphatic carbocycles. The van der Waals surface area contributed by atoms with Crippen molar-refractivity contribution in [1.82, 2.24) is 0 Å². The van der Waals surface area contributed by atoms with E-state index in [-0.39, 0.29) is 18.1 Å². The first-order valence-electron chi connectivity index (χ1n) is 10.6. The molecule has 2 aromatic carbocycles. The van der Waals surface area contributed by atoms with Crippen molar-refractivity contribution in [2.24, 2.45) is 0 Å². The van der Waals surface area contributed by atoms with Crippen LogP contribution in [0, 0.1) is 0 Å². The number of ether oxygens (including phenoxy) is 1. The van der Waals surface area contributed by atoms with Gasteiger partial charge in [-0.05, 0) is 79.7 Å². The summed E-state index contributed by atoms with van der Waals surface area (Å²) in [6.45, 7) is 11.2. The first-order valence-corrected chi connectivity index (χ1v) is 10.6. The van der Waals surface area contributed by atoms with E-state index in [1.165, 1.54) is 29.5 Å². The smallest absolute Gasteiger partial charge is 0.519 e. The summed E-state index contributed by atoms with van der Waals surface area (Å²) < 4.78 is 18.9. The Bertz CT molecular complexity index is 943. The third-order valence-electron chi connectivity index (χ3n) is 6.29. The molecule has 2 aromatic rings. The van der Waals surface area contributed by atoms with Gasteiger partial charge in [-0.15, -0.1) is 0 Å². The van der Waals surface area contributed by atoms with Gasteiger partial charge in [0.1, 0.15) is 22.8 Å². The fraction of sp³-hybridized carbons (Fsp3) is 0.500. The molecular formula is C24H29BO3. The van der Waals surface area contributed by atoms with Crippen LogP contribution in [0.4, 0.5) is 0 Å². The Morgan fingerprint density at radius 2 is 1.75 bits per heavy atom. The molecule has 0 bridgehead atoms. The first-order chi connectivity index (χ1) is 13.3. The minimum Gasteiger partial charge on any atom is -0.519 e. The molecule has 1 saturated carbocycles. The Morgan fingerprint density at radius 1 is 1.00 bits per heavy atom. The van der Waals surface area contributed by atoms with Gasteiger partial charge in [0.2, 0.25) is 0 Å². The zero-order valence-corrected chi connectivity index (χ0v) is 17.6. The average molecular weight is 376 g/mol. The number of rotatable bonds is 3. The van der Waals surface area contributed by atoms with E-state index in [9.17, 15) is 0 Å². The molecule has 1 fully saturated rings. The molecule has 0 radical (unpaired) electrons. The van der Waals surface area contributed by atoms with Crippen molar-refractivity contribution in [3.63, 3.8) is 0 Å². The minimum absolute atomic E-state index is 0.0531. The van der Waals surface area contributed by atoms with Gasteiger partial charge in [0, 0.05) is 5.46 Å². The highest BCUT2D eigenvalue weighted by Crippen LogP contribution is 2.52. The van der Waals surface area contributed by atoms with E-state index < -0.39 is 0 Å². The van der Waals surface area contributed by atoms with Gasteiger partial charge in [0.05, 0.1) is 0 Å². The van der Waals surface area contributed by atoms with Crippen molar-refractivity contribution in [2.75, 3.05) is 0 Å². The lowest BCUT2D eigenvalue weighted by molar-refractivity contribution is 0.0522. The molecule has 3 nitrogen and oxygen atoms in total. The zero-order valence-electron chi connectivity index (χ0n) is 17.6. The fourth-order valence-electron chi connectivity index (χ4n) is 4.95. The maximum absolute atomic E-state index is 6.52. The maximum atomic E-state index is 6.52. The van der Waals surface area contributed by atoms with Gasteiger partial charge in [-0.2, -0.15) is 0 Å². The number of aryl methyl sites for hydroxylation is 1. The molecule has 4 heteroatoms. The van der Waals surface area contributed by atoms with Crippen molar-refractivity contribution in [1.29, 1.82) is 0 Å². The summed E-state index contributed by atoms with van der Waals surface area (Å²) in [5.74, 6) is 3.40. The second-order valence-electron chi connectivity index (χ2n) is 9.89. The fourth-order valence-corrected chi connectivity index (χ4v) is 4.95. The summed E-state index contributed by atoms with van der Waals surface area (Å²) in [7, 11) is -0.379. The predicted octanol–water partition coefficient (Wildman–Crippen LogP) is 5.13. The molecule has 2 aliphatic heterocycles. The van der Waals surface area contributed by atoms with Crippen LogP contribution in [0.1, 0.15) is 76.5 Å². The van der Waals surface area contributed by atoms with Crippen molar-refractivity contribution < 1.29 is 14.0 Å². The highest BCUT2D eigenvalue weighted by molar-refractivity contribution is 6.63. The third-order valence-corrected chi connectivity index (χ3v) is 6.29. The Kier molecular flexibility index (Phi) is 3.82. The summed E-state index contributed by atoms with van der Waals surface area (Å²) in [5.41, 5.74) is 4.91. The van der Waals surface area contributed by atoms with Crippen LogP contribution in [-0.4, -0.2) is 12.7 Å². The Hall–Kier alpha value is -2.10. The standard InChI is InChI=1S/C24H29BO3/c1-6-15-7-10-20-21(11-15)28-25(27-20)17-12-18(16-8-9-16)22-19(13-17)23(2,3)14-24(4,5)26-22/h7,10-13,16H,6,8-9,14H2,1-5H3. The number of hydrogen-bond donors (Lipinski definition) is 0. The van der Waals surface area contributed by atoms with E-state index in [1.54, 1.807) is 0 Å². The topological polar surface area (TPSA) is 27.7 Å². The molecule has 146 valence electrons. The van der Waals surface area contributed by atoms with E-state index in [4.69, 9.17) is 14.0 Å². The third kappa shape index (κ3) is 2.98. The normalized spacial score (nSPS) is 21.2. The van der Waals surface area contributed by atoms with Gasteiger partial charge >= 0.3 is 7.12 Å². The second-order valence-corrected chi connectivity index (χ2v) is 9.89. The predicted molar refractivity (Wildman–Crippen MR) is 113 cm³/mol. The Labute approximate surface area is 168 Å². The molecule has 3 aliphatic rings. The quantitative estimate of drug-likeness (QED) is 0.695. The minimum atomic E-state index is -0.379. The lowest BCUT2D eigenvalue weighted by Crippen LogP contribution is -2.45. The number of fused-ring (bicyclic) bond motifs is 2. The van der Waals surface area contributed by atoms with Crippen molar-refractivity contribution in [3.05, 3.63) is 47.0 Å². The summed E-state index contributed by atoms with van der Waals surface area (Å²) in [4.78, 5) is 0. The molecule has 0 N–H and O–H groups in total. The molecule has 0 saturated heterocycles. The SMILES string of the molecule is CCc1ccc2c(c1)OB(c1cc(C3CC3)c3c(c1)C(C)(C)CC(C)(C)O3)O2. The molecule has 28 heavy (non-hydrogen) atoms.